The molecule has 0 aliphatic carbocycles. The van der Waals surface area contributed by atoms with Gasteiger partial charge in [0.2, 0.25) is 5.95 Å². The summed E-state index contributed by atoms with van der Waals surface area (Å²) in [6, 6.07) is 6.03. The highest BCUT2D eigenvalue weighted by atomic mass is 19.4. The normalized spacial score (nSPS) is 14.4. The van der Waals surface area contributed by atoms with Gasteiger partial charge in [-0.1, -0.05) is 12.5 Å². The Kier molecular flexibility index (Phi) is 11.2. The maximum Gasteiger partial charge on any atom is 0.490 e. The molecule has 1 fully saturated rings. The van der Waals surface area contributed by atoms with Gasteiger partial charge in [0.15, 0.2) is 0 Å². The van der Waals surface area contributed by atoms with Crippen LogP contribution in [0.15, 0.2) is 24.3 Å². The first kappa shape index (κ1) is 31.1. The van der Waals surface area contributed by atoms with E-state index < -0.39 is 23.9 Å². The van der Waals surface area contributed by atoms with Crippen LogP contribution in [0.3, 0.4) is 0 Å². The molecule has 1 aromatic carbocycles. The van der Waals surface area contributed by atoms with Crippen molar-refractivity contribution < 1.29 is 36.2 Å². The summed E-state index contributed by atoms with van der Waals surface area (Å²) in [5.41, 5.74) is 0.611. The number of nitrogens with zero attached hydrogens (tertiary/aromatic N) is 4. The van der Waals surface area contributed by atoms with Gasteiger partial charge in [-0.25, -0.2) is 9.78 Å². The van der Waals surface area contributed by atoms with Crippen LogP contribution in [0.2, 0.25) is 0 Å². The number of piperidine rings is 1. The minimum absolute atomic E-state index is 0.135. The quantitative estimate of drug-likeness (QED) is 0.380. The van der Waals surface area contributed by atoms with Crippen LogP contribution in [0.5, 0.6) is 0 Å². The standard InChI is InChI=1S/C23H32F3N5.C2HF3O2/c1-4-31(15-9-14-30-12-6-5-7-13-30)21-16-17(2)27-22(29-21)28-20-11-8-10-19(18(20)3)23(24,25)26;3-2(4,5)1(6)7/h8,10-11,16H,4-7,9,12-15H2,1-3H3,(H,27,28,29);(H,6,7). The van der Waals surface area contributed by atoms with Crippen LogP contribution in [0, 0.1) is 13.8 Å². The number of carboxylic acid groups (broad SMARTS) is 1. The van der Waals surface area contributed by atoms with Crippen LogP contribution in [-0.4, -0.2) is 64.8 Å². The van der Waals surface area contributed by atoms with Gasteiger partial charge < -0.3 is 20.2 Å². The molecule has 0 radical (unpaired) electrons. The fraction of sp³-hybridized carbons (Fsp3) is 0.560. The second-order valence-electron chi connectivity index (χ2n) is 8.93. The Bertz CT molecular complexity index is 1060. The van der Waals surface area contributed by atoms with Crippen molar-refractivity contribution in [3.63, 3.8) is 0 Å². The number of halogens is 6. The second-order valence-corrected chi connectivity index (χ2v) is 8.93. The molecule has 2 N–H and O–H groups in total. The fourth-order valence-corrected chi connectivity index (χ4v) is 4.07. The van der Waals surface area contributed by atoms with Gasteiger partial charge in [0.1, 0.15) is 5.82 Å². The molecule has 1 aliphatic rings. The highest BCUT2D eigenvalue weighted by molar-refractivity contribution is 5.73. The molecule has 0 saturated carbocycles. The van der Waals surface area contributed by atoms with Gasteiger partial charge >= 0.3 is 18.3 Å². The largest absolute Gasteiger partial charge is 0.490 e. The van der Waals surface area contributed by atoms with E-state index >= 15 is 0 Å². The van der Waals surface area contributed by atoms with Crippen LogP contribution in [-0.2, 0) is 11.0 Å². The van der Waals surface area contributed by atoms with Crippen molar-refractivity contribution in [1.82, 2.24) is 14.9 Å². The van der Waals surface area contributed by atoms with Gasteiger partial charge in [0.25, 0.3) is 0 Å². The molecule has 0 atom stereocenters. The van der Waals surface area contributed by atoms with E-state index in [9.17, 15) is 26.3 Å². The molecule has 38 heavy (non-hydrogen) atoms. The Morgan fingerprint density at radius 3 is 2.26 bits per heavy atom. The van der Waals surface area contributed by atoms with Gasteiger partial charge in [-0.2, -0.15) is 31.3 Å². The Morgan fingerprint density at radius 2 is 1.71 bits per heavy atom. The maximum absolute atomic E-state index is 13.2. The number of aryl methyl sites for hydroxylation is 1. The number of likely N-dealkylation sites (tertiary alicyclic amines) is 1. The molecule has 2 heterocycles. The van der Waals surface area contributed by atoms with Gasteiger partial charge in [-0.05, 0) is 77.4 Å². The first-order chi connectivity index (χ1) is 17.7. The first-order valence-electron chi connectivity index (χ1n) is 12.3. The SMILES string of the molecule is CCN(CCCN1CCCCC1)c1cc(C)nc(Nc2cccc(C(F)(F)F)c2C)n1.O=C(O)C(F)(F)F. The number of benzene rings is 1. The molecule has 2 aromatic rings. The van der Waals surface area contributed by atoms with Crippen molar-refractivity contribution >= 4 is 23.4 Å². The van der Waals surface area contributed by atoms with Crippen molar-refractivity contribution in [3.05, 3.63) is 41.1 Å². The van der Waals surface area contributed by atoms with Gasteiger partial charge in [-0.15, -0.1) is 0 Å². The number of alkyl halides is 6. The molecule has 0 spiro atoms. The van der Waals surface area contributed by atoms with Crippen LogP contribution in [0.4, 0.5) is 43.8 Å². The van der Waals surface area contributed by atoms with E-state index in [2.05, 4.69) is 32.0 Å². The van der Waals surface area contributed by atoms with E-state index in [4.69, 9.17) is 9.90 Å². The molecule has 0 bridgehead atoms. The molecule has 7 nitrogen and oxygen atoms in total. The summed E-state index contributed by atoms with van der Waals surface area (Å²) < 4.78 is 71.4. The van der Waals surface area contributed by atoms with E-state index in [1.54, 1.807) is 6.07 Å². The average Bonchev–Trinajstić information content (AvgIpc) is 2.82. The number of carboxylic acids is 1. The van der Waals surface area contributed by atoms with E-state index in [1.165, 1.54) is 45.3 Å². The summed E-state index contributed by atoms with van der Waals surface area (Å²) in [4.78, 5) is 22.6. The highest BCUT2D eigenvalue weighted by Crippen LogP contribution is 2.35. The molecule has 1 aliphatic heterocycles. The molecule has 1 aromatic heterocycles. The van der Waals surface area contributed by atoms with Gasteiger partial charge in [0, 0.05) is 30.5 Å². The van der Waals surface area contributed by atoms with E-state index in [0.29, 0.717) is 11.6 Å². The van der Waals surface area contributed by atoms with Crippen molar-refractivity contribution in [2.75, 3.05) is 42.9 Å². The zero-order valence-electron chi connectivity index (χ0n) is 21.6. The lowest BCUT2D eigenvalue weighted by Crippen LogP contribution is -2.33. The molecule has 3 rings (SSSR count). The third kappa shape index (κ3) is 9.66. The minimum atomic E-state index is -5.08. The zero-order valence-corrected chi connectivity index (χ0v) is 21.6. The number of anilines is 3. The zero-order chi connectivity index (χ0) is 28.5. The molecular formula is C25H33F6N5O2. The predicted molar refractivity (Wildman–Crippen MR) is 133 cm³/mol. The Balaban J connectivity index is 0.000000638. The Labute approximate surface area is 217 Å². The third-order valence-corrected chi connectivity index (χ3v) is 6.03. The highest BCUT2D eigenvalue weighted by Gasteiger charge is 2.38. The van der Waals surface area contributed by atoms with Crippen molar-refractivity contribution in [2.45, 2.75) is 58.8 Å². The van der Waals surface area contributed by atoms with E-state index in [0.717, 1.165) is 43.6 Å². The summed E-state index contributed by atoms with van der Waals surface area (Å²) >= 11 is 0. The van der Waals surface area contributed by atoms with Crippen molar-refractivity contribution in [1.29, 1.82) is 0 Å². The number of aromatic nitrogens is 2. The summed E-state index contributed by atoms with van der Waals surface area (Å²) in [6.07, 6.45) is -4.53. The Morgan fingerprint density at radius 1 is 1.08 bits per heavy atom. The number of rotatable bonds is 8. The lowest BCUT2D eigenvalue weighted by Gasteiger charge is -2.28. The van der Waals surface area contributed by atoms with Crippen LogP contribution in [0.25, 0.3) is 0 Å². The molecule has 1 saturated heterocycles. The second kappa shape index (κ2) is 13.6. The van der Waals surface area contributed by atoms with Crippen molar-refractivity contribution in [3.8, 4) is 0 Å². The molecule has 0 unspecified atom stereocenters. The van der Waals surface area contributed by atoms with E-state index in [1.807, 2.05) is 13.0 Å². The van der Waals surface area contributed by atoms with Gasteiger partial charge in [0.05, 0.1) is 5.56 Å². The lowest BCUT2D eigenvalue weighted by molar-refractivity contribution is -0.192. The van der Waals surface area contributed by atoms with Crippen molar-refractivity contribution in [2.24, 2.45) is 0 Å². The monoisotopic (exact) mass is 549 g/mol. The van der Waals surface area contributed by atoms with Gasteiger partial charge in [-0.3, -0.25) is 0 Å². The van der Waals surface area contributed by atoms with Crippen LogP contribution >= 0.6 is 0 Å². The summed E-state index contributed by atoms with van der Waals surface area (Å²) in [6.45, 7) is 10.5. The average molecular weight is 550 g/mol. The summed E-state index contributed by atoms with van der Waals surface area (Å²) in [7, 11) is 0. The molecule has 212 valence electrons. The molecular weight excluding hydrogens is 516 g/mol. The number of nitrogens with one attached hydrogen (secondary N) is 1. The predicted octanol–water partition coefficient (Wildman–Crippen LogP) is 6.19. The molecule has 0 amide bonds. The smallest absolute Gasteiger partial charge is 0.475 e. The summed E-state index contributed by atoms with van der Waals surface area (Å²) in [5, 5.41) is 10.1. The topological polar surface area (TPSA) is 81.6 Å². The minimum Gasteiger partial charge on any atom is -0.475 e. The number of hydrogen-bond donors (Lipinski definition) is 2. The summed E-state index contributed by atoms with van der Waals surface area (Å²) in [5.74, 6) is -1.65. The maximum atomic E-state index is 13.2. The van der Waals surface area contributed by atoms with Crippen LogP contribution < -0.4 is 10.2 Å². The Hall–Kier alpha value is -3.09. The molecule has 13 heteroatoms. The van der Waals surface area contributed by atoms with Crippen LogP contribution in [0.1, 0.15) is 49.4 Å². The first-order valence-corrected chi connectivity index (χ1v) is 12.3. The number of carbonyl (C=O) groups is 1. The van der Waals surface area contributed by atoms with E-state index in [-0.39, 0.29) is 5.56 Å². The number of hydrogen-bond acceptors (Lipinski definition) is 6. The lowest BCUT2D eigenvalue weighted by atomic mass is 10.1. The fourth-order valence-electron chi connectivity index (χ4n) is 4.07. The third-order valence-electron chi connectivity index (χ3n) is 6.03. The number of aliphatic carboxylic acids is 1.